The molecule has 0 fully saturated rings. The number of esters is 1. The van der Waals surface area contributed by atoms with Crippen molar-refractivity contribution in [2.24, 2.45) is 0 Å². The topological polar surface area (TPSA) is 62.8 Å². The molecule has 0 aliphatic heterocycles. The SMILES string of the molecule is COC(=O)c1cc(NC(=S)NCCN(C)c2ccc(OC)cc2)ccc1Cl. The Balaban J connectivity index is 1.84. The molecule has 0 amide bonds. The molecule has 0 spiro atoms. The van der Waals surface area contributed by atoms with E-state index in [0.717, 1.165) is 18.0 Å². The van der Waals surface area contributed by atoms with Crippen molar-refractivity contribution in [3.63, 3.8) is 0 Å². The number of thiocarbonyl (C=S) groups is 1. The molecule has 0 radical (unpaired) electrons. The van der Waals surface area contributed by atoms with Gasteiger partial charge in [0.25, 0.3) is 0 Å². The lowest BCUT2D eigenvalue weighted by molar-refractivity contribution is 0.0601. The van der Waals surface area contributed by atoms with Crippen molar-refractivity contribution in [3.8, 4) is 5.75 Å². The van der Waals surface area contributed by atoms with E-state index in [-0.39, 0.29) is 5.56 Å². The van der Waals surface area contributed by atoms with E-state index in [2.05, 4.69) is 15.5 Å². The predicted octanol–water partition coefficient (Wildman–Crippen LogP) is 3.56. The molecule has 2 aromatic rings. The maximum atomic E-state index is 11.7. The highest BCUT2D eigenvalue weighted by Crippen LogP contribution is 2.21. The summed E-state index contributed by atoms with van der Waals surface area (Å²) in [6, 6.07) is 12.8. The average molecular weight is 408 g/mol. The van der Waals surface area contributed by atoms with Crippen LogP contribution in [0.2, 0.25) is 5.02 Å². The molecule has 27 heavy (non-hydrogen) atoms. The third-order valence-corrected chi connectivity index (χ3v) is 4.45. The number of rotatable bonds is 7. The van der Waals surface area contributed by atoms with Gasteiger partial charge in [0.1, 0.15) is 5.75 Å². The van der Waals surface area contributed by atoms with Crippen molar-refractivity contribution < 1.29 is 14.3 Å². The van der Waals surface area contributed by atoms with E-state index in [1.165, 1.54) is 7.11 Å². The summed E-state index contributed by atoms with van der Waals surface area (Å²) in [6.07, 6.45) is 0. The van der Waals surface area contributed by atoms with Crippen molar-refractivity contribution in [3.05, 3.63) is 53.1 Å². The van der Waals surface area contributed by atoms with Crippen LogP contribution in [0.1, 0.15) is 10.4 Å². The molecule has 0 aliphatic carbocycles. The first-order valence-electron chi connectivity index (χ1n) is 8.22. The first kappa shape index (κ1) is 20.8. The molecule has 6 nitrogen and oxygen atoms in total. The first-order chi connectivity index (χ1) is 12.9. The molecule has 2 rings (SSSR count). The fourth-order valence-electron chi connectivity index (χ4n) is 2.35. The number of anilines is 2. The van der Waals surface area contributed by atoms with E-state index in [1.54, 1.807) is 25.3 Å². The summed E-state index contributed by atoms with van der Waals surface area (Å²) in [5, 5.41) is 6.95. The molecule has 0 unspecified atom stereocenters. The van der Waals surface area contributed by atoms with Gasteiger partial charge in [0.05, 0.1) is 24.8 Å². The molecule has 0 aromatic heterocycles. The predicted molar refractivity (Wildman–Crippen MR) is 113 cm³/mol. The zero-order chi connectivity index (χ0) is 19.8. The Hall–Kier alpha value is -2.51. The molecule has 0 atom stereocenters. The summed E-state index contributed by atoms with van der Waals surface area (Å²) in [7, 11) is 4.96. The van der Waals surface area contributed by atoms with E-state index in [0.29, 0.717) is 22.4 Å². The molecule has 8 heteroatoms. The standard InChI is InChI=1S/C19H22ClN3O3S/c1-23(14-5-7-15(25-2)8-6-14)11-10-21-19(27)22-13-4-9-17(20)16(12-13)18(24)26-3/h4-9,12H,10-11H2,1-3H3,(H2,21,22,27). The van der Waals surface area contributed by atoms with Gasteiger partial charge in [-0.15, -0.1) is 0 Å². The zero-order valence-corrected chi connectivity index (χ0v) is 17.0. The van der Waals surface area contributed by atoms with Crippen LogP contribution < -0.4 is 20.3 Å². The number of methoxy groups -OCH3 is 2. The molecule has 0 heterocycles. The van der Waals surface area contributed by atoms with Crippen LogP contribution in [0.3, 0.4) is 0 Å². The summed E-state index contributed by atoms with van der Waals surface area (Å²) >= 11 is 11.3. The summed E-state index contributed by atoms with van der Waals surface area (Å²) in [5.74, 6) is 0.327. The van der Waals surface area contributed by atoms with Crippen LogP contribution >= 0.6 is 23.8 Å². The largest absolute Gasteiger partial charge is 0.497 e. The van der Waals surface area contributed by atoms with E-state index in [4.69, 9.17) is 33.3 Å². The summed E-state index contributed by atoms with van der Waals surface area (Å²) in [5.41, 5.74) is 2.02. The average Bonchev–Trinajstić information content (AvgIpc) is 2.68. The number of ether oxygens (including phenoxy) is 2. The first-order valence-corrected chi connectivity index (χ1v) is 9.01. The van der Waals surface area contributed by atoms with Crippen LogP contribution in [0.4, 0.5) is 11.4 Å². The number of hydrogen-bond donors (Lipinski definition) is 2. The van der Waals surface area contributed by atoms with Crippen LogP contribution in [0.15, 0.2) is 42.5 Å². The van der Waals surface area contributed by atoms with Crippen molar-refractivity contribution in [2.75, 3.05) is 44.6 Å². The summed E-state index contributed by atoms with van der Waals surface area (Å²) in [4.78, 5) is 13.8. The van der Waals surface area contributed by atoms with Gasteiger partial charge in [0.2, 0.25) is 0 Å². The fraction of sp³-hybridized carbons (Fsp3) is 0.263. The second-order valence-electron chi connectivity index (χ2n) is 5.69. The third kappa shape index (κ3) is 6.01. The van der Waals surface area contributed by atoms with Gasteiger partial charge in [0, 0.05) is 31.5 Å². The number of carbonyl (C=O) groups excluding carboxylic acids is 1. The van der Waals surface area contributed by atoms with Crippen LogP contribution in [0, 0.1) is 0 Å². The minimum absolute atomic E-state index is 0.284. The molecule has 2 aromatic carbocycles. The molecule has 2 N–H and O–H groups in total. The summed E-state index contributed by atoms with van der Waals surface area (Å²) in [6.45, 7) is 1.40. The Morgan fingerprint density at radius 3 is 2.52 bits per heavy atom. The zero-order valence-electron chi connectivity index (χ0n) is 15.4. The maximum absolute atomic E-state index is 11.7. The number of halogens is 1. The summed E-state index contributed by atoms with van der Waals surface area (Å²) < 4.78 is 9.87. The molecule has 0 aliphatic rings. The molecular formula is C19H22ClN3O3S. The lowest BCUT2D eigenvalue weighted by Crippen LogP contribution is -2.35. The van der Waals surface area contributed by atoms with Gasteiger partial charge in [-0.3, -0.25) is 0 Å². The Morgan fingerprint density at radius 2 is 1.89 bits per heavy atom. The van der Waals surface area contributed by atoms with Crippen LogP contribution in [0.25, 0.3) is 0 Å². The highest BCUT2D eigenvalue weighted by molar-refractivity contribution is 7.80. The minimum Gasteiger partial charge on any atom is -0.497 e. The highest BCUT2D eigenvalue weighted by atomic mass is 35.5. The lowest BCUT2D eigenvalue weighted by Gasteiger charge is -2.20. The second kappa shape index (κ2) is 9.99. The highest BCUT2D eigenvalue weighted by Gasteiger charge is 2.12. The van der Waals surface area contributed by atoms with Crippen molar-refractivity contribution in [1.82, 2.24) is 5.32 Å². The molecule has 0 bridgehead atoms. The van der Waals surface area contributed by atoms with E-state index >= 15 is 0 Å². The fourth-order valence-corrected chi connectivity index (χ4v) is 2.76. The van der Waals surface area contributed by atoms with Gasteiger partial charge in [0.15, 0.2) is 5.11 Å². The normalized spacial score (nSPS) is 10.1. The second-order valence-corrected chi connectivity index (χ2v) is 6.50. The van der Waals surface area contributed by atoms with E-state index in [1.807, 2.05) is 31.3 Å². The number of carbonyl (C=O) groups is 1. The smallest absolute Gasteiger partial charge is 0.339 e. The number of benzene rings is 2. The Labute approximate surface area is 169 Å². The Bertz CT molecular complexity index is 799. The van der Waals surface area contributed by atoms with E-state index < -0.39 is 5.97 Å². The maximum Gasteiger partial charge on any atom is 0.339 e. The van der Waals surface area contributed by atoms with Gasteiger partial charge < -0.3 is 25.0 Å². The van der Waals surface area contributed by atoms with Crippen LogP contribution in [-0.2, 0) is 4.74 Å². The number of nitrogens with one attached hydrogen (secondary N) is 2. The van der Waals surface area contributed by atoms with Crippen molar-refractivity contribution >= 4 is 46.3 Å². The number of hydrogen-bond acceptors (Lipinski definition) is 5. The Kier molecular flexibility index (Phi) is 7.69. The minimum atomic E-state index is -0.497. The van der Waals surface area contributed by atoms with Gasteiger partial charge in [-0.05, 0) is 54.7 Å². The van der Waals surface area contributed by atoms with Gasteiger partial charge in [-0.1, -0.05) is 11.6 Å². The quantitative estimate of drug-likeness (QED) is 0.537. The monoisotopic (exact) mass is 407 g/mol. The third-order valence-electron chi connectivity index (χ3n) is 3.88. The van der Waals surface area contributed by atoms with Crippen molar-refractivity contribution in [2.45, 2.75) is 0 Å². The Morgan fingerprint density at radius 1 is 1.19 bits per heavy atom. The lowest BCUT2D eigenvalue weighted by atomic mass is 10.2. The molecular weight excluding hydrogens is 386 g/mol. The van der Waals surface area contributed by atoms with Gasteiger partial charge in [-0.2, -0.15) is 0 Å². The van der Waals surface area contributed by atoms with Crippen molar-refractivity contribution in [1.29, 1.82) is 0 Å². The van der Waals surface area contributed by atoms with E-state index in [9.17, 15) is 4.79 Å². The number of likely N-dealkylation sites (N-methyl/N-ethyl adjacent to an activating group) is 1. The van der Waals surface area contributed by atoms with Gasteiger partial charge in [-0.25, -0.2) is 4.79 Å². The van der Waals surface area contributed by atoms with Gasteiger partial charge >= 0.3 is 5.97 Å². The number of nitrogens with zero attached hydrogens (tertiary/aromatic N) is 1. The molecule has 0 saturated carbocycles. The molecule has 0 saturated heterocycles. The molecule has 144 valence electrons. The van der Waals surface area contributed by atoms with Crippen LogP contribution in [-0.4, -0.2) is 45.4 Å². The van der Waals surface area contributed by atoms with Crippen LogP contribution in [0.5, 0.6) is 5.75 Å².